The van der Waals surface area contributed by atoms with E-state index in [0.717, 1.165) is 37.9 Å². The summed E-state index contributed by atoms with van der Waals surface area (Å²) in [6.45, 7) is 2.59. The van der Waals surface area contributed by atoms with Gasteiger partial charge in [0.2, 0.25) is 11.8 Å². The lowest BCUT2D eigenvalue weighted by atomic mass is 9.88. The van der Waals surface area contributed by atoms with Crippen molar-refractivity contribution in [1.29, 1.82) is 0 Å². The molecule has 1 aliphatic carbocycles. The zero-order valence-corrected chi connectivity index (χ0v) is 18.0. The van der Waals surface area contributed by atoms with Crippen LogP contribution in [0.5, 0.6) is 0 Å². The van der Waals surface area contributed by atoms with Crippen LogP contribution in [0.4, 0.5) is 0 Å². The molecule has 1 aromatic rings. The molecule has 1 saturated carbocycles. The lowest BCUT2D eigenvalue weighted by Gasteiger charge is -2.26. The zero-order chi connectivity index (χ0) is 21.2. The van der Waals surface area contributed by atoms with Crippen LogP contribution in [0.25, 0.3) is 0 Å². The maximum absolute atomic E-state index is 12.7. The predicted octanol–water partition coefficient (Wildman–Crippen LogP) is 2.04. The van der Waals surface area contributed by atoms with E-state index in [1.165, 1.54) is 19.3 Å². The Hall–Kier alpha value is -2.57. The Morgan fingerprint density at radius 1 is 1.07 bits per heavy atom. The monoisotopic (exact) mass is 413 g/mol. The molecule has 7 nitrogen and oxygen atoms in total. The number of carbonyl (C=O) groups is 2. The summed E-state index contributed by atoms with van der Waals surface area (Å²) >= 11 is 0. The van der Waals surface area contributed by atoms with Crippen LogP contribution in [0.1, 0.15) is 50.5 Å². The third-order valence-electron chi connectivity index (χ3n) is 6.00. The van der Waals surface area contributed by atoms with Gasteiger partial charge in [0.1, 0.15) is 0 Å². The van der Waals surface area contributed by atoms with Crippen molar-refractivity contribution in [3.63, 3.8) is 0 Å². The van der Waals surface area contributed by atoms with Crippen molar-refractivity contribution in [2.24, 2.45) is 10.9 Å². The molecule has 1 unspecified atom stereocenters. The van der Waals surface area contributed by atoms with Gasteiger partial charge in [-0.2, -0.15) is 0 Å². The number of guanidine groups is 1. The van der Waals surface area contributed by atoms with Gasteiger partial charge in [0.05, 0.1) is 0 Å². The minimum Gasteiger partial charge on any atom is -0.356 e. The third kappa shape index (κ3) is 6.75. The Bertz CT molecular complexity index is 716. The van der Waals surface area contributed by atoms with E-state index in [1.807, 2.05) is 35.2 Å². The standard InChI is InChI=1S/C23H35N5O2/c1-24-23(25-14-12-21(29)26-16-18-8-4-2-5-9-18)27-20-13-15-28(17-20)22(30)19-10-6-3-7-11-19/h2,4-5,8-9,19-20H,3,6-7,10-17H2,1H3,(H,26,29)(H2,24,25,27). The molecule has 0 aromatic heterocycles. The minimum atomic E-state index is 0.00641. The Morgan fingerprint density at radius 2 is 1.83 bits per heavy atom. The van der Waals surface area contributed by atoms with Crippen molar-refractivity contribution >= 4 is 17.8 Å². The van der Waals surface area contributed by atoms with Crippen LogP contribution >= 0.6 is 0 Å². The van der Waals surface area contributed by atoms with Gasteiger partial charge in [-0.3, -0.25) is 14.6 Å². The molecule has 3 N–H and O–H groups in total. The van der Waals surface area contributed by atoms with E-state index in [0.29, 0.717) is 31.4 Å². The number of hydrogen-bond acceptors (Lipinski definition) is 3. The zero-order valence-electron chi connectivity index (χ0n) is 18.0. The van der Waals surface area contributed by atoms with Crippen LogP contribution in [0.15, 0.2) is 35.3 Å². The van der Waals surface area contributed by atoms with Crippen molar-refractivity contribution in [2.45, 2.75) is 57.5 Å². The number of rotatable bonds is 7. The van der Waals surface area contributed by atoms with Gasteiger partial charge in [-0.05, 0) is 24.8 Å². The average molecular weight is 414 g/mol. The van der Waals surface area contributed by atoms with Crippen LogP contribution in [0.3, 0.4) is 0 Å². The lowest BCUT2D eigenvalue weighted by molar-refractivity contribution is -0.135. The summed E-state index contributed by atoms with van der Waals surface area (Å²) in [5.41, 5.74) is 1.09. The van der Waals surface area contributed by atoms with Gasteiger partial charge in [-0.15, -0.1) is 0 Å². The fraction of sp³-hybridized carbons (Fsp3) is 0.609. The fourth-order valence-corrected chi connectivity index (χ4v) is 4.25. The predicted molar refractivity (Wildman–Crippen MR) is 119 cm³/mol. The van der Waals surface area contributed by atoms with Crippen molar-refractivity contribution in [1.82, 2.24) is 20.9 Å². The number of nitrogens with zero attached hydrogens (tertiary/aromatic N) is 2. The number of benzene rings is 1. The van der Waals surface area contributed by atoms with Crippen LogP contribution in [0.2, 0.25) is 0 Å². The molecule has 1 atom stereocenters. The molecule has 2 fully saturated rings. The van der Waals surface area contributed by atoms with Crippen molar-refractivity contribution in [3.05, 3.63) is 35.9 Å². The summed E-state index contributed by atoms with van der Waals surface area (Å²) < 4.78 is 0. The second-order valence-corrected chi connectivity index (χ2v) is 8.26. The maximum Gasteiger partial charge on any atom is 0.225 e. The maximum atomic E-state index is 12.7. The van der Waals surface area contributed by atoms with E-state index in [2.05, 4.69) is 20.9 Å². The van der Waals surface area contributed by atoms with Crippen LogP contribution in [-0.2, 0) is 16.1 Å². The first kappa shape index (κ1) is 22.1. The highest BCUT2D eigenvalue weighted by Gasteiger charge is 2.31. The Balaban J connectivity index is 1.33. The van der Waals surface area contributed by atoms with Gasteiger partial charge >= 0.3 is 0 Å². The molecule has 0 bridgehead atoms. The molecule has 2 aliphatic rings. The lowest BCUT2D eigenvalue weighted by Crippen LogP contribution is -2.46. The van der Waals surface area contributed by atoms with Gasteiger partial charge in [0.15, 0.2) is 5.96 Å². The first-order valence-corrected chi connectivity index (χ1v) is 11.2. The highest BCUT2D eigenvalue weighted by atomic mass is 16.2. The number of likely N-dealkylation sites (tertiary alicyclic amines) is 1. The summed E-state index contributed by atoms with van der Waals surface area (Å²) in [5, 5.41) is 9.54. The second-order valence-electron chi connectivity index (χ2n) is 8.26. The van der Waals surface area contributed by atoms with Gasteiger partial charge in [0.25, 0.3) is 0 Å². The summed E-state index contributed by atoms with van der Waals surface area (Å²) in [4.78, 5) is 31.0. The van der Waals surface area contributed by atoms with Crippen molar-refractivity contribution in [2.75, 3.05) is 26.7 Å². The summed E-state index contributed by atoms with van der Waals surface area (Å²) in [6.07, 6.45) is 7.02. The molecule has 1 saturated heterocycles. The van der Waals surface area contributed by atoms with Gasteiger partial charge in [-0.1, -0.05) is 49.6 Å². The Labute approximate surface area is 179 Å². The Morgan fingerprint density at radius 3 is 2.57 bits per heavy atom. The largest absolute Gasteiger partial charge is 0.356 e. The Kier molecular flexibility index (Phi) is 8.53. The topological polar surface area (TPSA) is 85.8 Å². The number of hydrogen-bond donors (Lipinski definition) is 3. The highest BCUT2D eigenvalue weighted by Crippen LogP contribution is 2.26. The van der Waals surface area contributed by atoms with E-state index >= 15 is 0 Å². The number of nitrogens with one attached hydrogen (secondary N) is 3. The van der Waals surface area contributed by atoms with E-state index in [1.54, 1.807) is 7.05 Å². The SMILES string of the molecule is CN=C(NCCC(=O)NCc1ccccc1)NC1CCN(C(=O)C2CCCCC2)C1. The molecule has 0 radical (unpaired) electrons. The molecule has 0 spiro atoms. The molecule has 30 heavy (non-hydrogen) atoms. The normalized spacial score (nSPS) is 20.1. The van der Waals surface area contributed by atoms with E-state index in [-0.39, 0.29) is 17.9 Å². The molecule has 2 amide bonds. The number of carbonyl (C=O) groups excluding carboxylic acids is 2. The molecule has 7 heteroatoms. The van der Waals surface area contributed by atoms with Gasteiger partial charge in [-0.25, -0.2) is 0 Å². The molecular weight excluding hydrogens is 378 g/mol. The van der Waals surface area contributed by atoms with Gasteiger partial charge in [0, 0.05) is 51.6 Å². The first-order chi connectivity index (χ1) is 14.7. The molecule has 1 aromatic carbocycles. The molecule has 164 valence electrons. The summed E-state index contributed by atoms with van der Waals surface area (Å²) in [5.74, 6) is 1.25. The van der Waals surface area contributed by atoms with Crippen molar-refractivity contribution < 1.29 is 9.59 Å². The smallest absolute Gasteiger partial charge is 0.225 e. The summed E-state index contributed by atoms with van der Waals surface area (Å²) in [7, 11) is 1.73. The minimum absolute atomic E-state index is 0.00641. The molecular formula is C23H35N5O2. The second kappa shape index (κ2) is 11.6. The molecule has 1 heterocycles. The summed E-state index contributed by atoms with van der Waals surface area (Å²) in [6, 6.07) is 10.1. The van der Waals surface area contributed by atoms with Crippen LogP contribution in [0, 0.1) is 5.92 Å². The molecule has 1 aliphatic heterocycles. The molecule has 3 rings (SSSR count). The van der Waals surface area contributed by atoms with Crippen molar-refractivity contribution in [3.8, 4) is 0 Å². The average Bonchev–Trinajstić information content (AvgIpc) is 3.26. The third-order valence-corrected chi connectivity index (χ3v) is 6.00. The van der Waals surface area contributed by atoms with E-state index in [4.69, 9.17) is 0 Å². The van der Waals surface area contributed by atoms with Crippen LogP contribution in [-0.4, -0.2) is 55.4 Å². The number of amides is 2. The van der Waals surface area contributed by atoms with Crippen LogP contribution < -0.4 is 16.0 Å². The highest BCUT2D eigenvalue weighted by molar-refractivity contribution is 5.82. The van der Waals surface area contributed by atoms with Gasteiger partial charge < -0.3 is 20.9 Å². The fourth-order valence-electron chi connectivity index (χ4n) is 4.25. The first-order valence-electron chi connectivity index (χ1n) is 11.2. The number of aliphatic imine (C=N–C) groups is 1. The van der Waals surface area contributed by atoms with E-state index in [9.17, 15) is 9.59 Å². The van der Waals surface area contributed by atoms with E-state index < -0.39 is 0 Å². The quantitative estimate of drug-likeness (QED) is 0.472.